The quantitative estimate of drug-likeness (QED) is 0.812. The molecule has 1 aromatic carbocycles. The normalized spacial score (nSPS) is 10.6. The Bertz CT molecular complexity index is 453. The third-order valence-corrected chi connectivity index (χ3v) is 2.99. The van der Waals surface area contributed by atoms with Gasteiger partial charge in [-0.15, -0.1) is 16.7 Å². The van der Waals surface area contributed by atoms with Crippen molar-refractivity contribution in [1.29, 1.82) is 0 Å². The van der Waals surface area contributed by atoms with Crippen molar-refractivity contribution in [3.05, 3.63) is 40.6 Å². The molecule has 2 aromatic rings. The summed E-state index contributed by atoms with van der Waals surface area (Å²) in [5.74, 6) is 0.658. The Hall–Kier alpha value is -0.870. The highest BCUT2D eigenvalue weighted by Gasteiger charge is 2.02. The van der Waals surface area contributed by atoms with E-state index in [0.29, 0.717) is 5.88 Å². The fourth-order valence-corrected chi connectivity index (χ4v) is 1.78. The van der Waals surface area contributed by atoms with Crippen LogP contribution in [-0.2, 0) is 6.42 Å². The molecule has 16 heavy (non-hydrogen) atoms. The first-order valence-corrected chi connectivity index (χ1v) is 6.35. The predicted octanol–water partition coefficient (Wildman–Crippen LogP) is 3.20. The second-order valence-electron chi connectivity index (χ2n) is 3.42. The van der Waals surface area contributed by atoms with E-state index in [9.17, 15) is 0 Å². The van der Waals surface area contributed by atoms with Crippen LogP contribution in [0.15, 0.2) is 34.9 Å². The second kappa shape index (κ2) is 5.46. The maximum atomic E-state index is 5.63. The SMILES string of the molecule is ClCCCc1cn(-c2ccc(Br)cc2)nn1. The first-order valence-electron chi connectivity index (χ1n) is 5.03. The molecule has 0 aliphatic rings. The predicted molar refractivity (Wildman–Crippen MR) is 68.1 cm³/mol. The molecule has 0 amide bonds. The Morgan fingerprint density at radius 2 is 2.00 bits per heavy atom. The van der Waals surface area contributed by atoms with Crippen molar-refractivity contribution in [2.45, 2.75) is 12.8 Å². The second-order valence-corrected chi connectivity index (χ2v) is 4.72. The van der Waals surface area contributed by atoms with Crippen LogP contribution < -0.4 is 0 Å². The molecule has 0 unspecified atom stereocenters. The van der Waals surface area contributed by atoms with Gasteiger partial charge >= 0.3 is 0 Å². The highest BCUT2D eigenvalue weighted by atomic mass is 79.9. The maximum Gasteiger partial charge on any atom is 0.0832 e. The van der Waals surface area contributed by atoms with Gasteiger partial charge in [0.05, 0.1) is 17.6 Å². The number of hydrogen-bond acceptors (Lipinski definition) is 2. The lowest BCUT2D eigenvalue weighted by atomic mass is 10.3. The zero-order valence-corrected chi connectivity index (χ0v) is 10.9. The average molecular weight is 301 g/mol. The van der Waals surface area contributed by atoms with Crippen molar-refractivity contribution in [1.82, 2.24) is 15.0 Å². The van der Waals surface area contributed by atoms with Crippen LogP contribution in [0.4, 0.5) is 0 Å². The smallest absolute Gasteiger partial charge is 0.0832 e. The Labute approximate surface area is 108 Å². The number of nitrogens with zero attached hydrogens (tertiary/aromatic N) is 3. The summed E-state index contributed by atoms with van der Waals surface area (Å²) in [6.07, 6.45) is 3.75. The van der Waals surface area contributed by atoms with E-state index in [1.807, 2.05) is 30.5 Å². The van der Waals surface area contributed by atoms with E-state index in [1.54, 1.807) is 4.68 Å². The molecule has 0 aliphatic carbocycles. The first kappa shape index (κ1) is 11.6. The molecule has 84 valence electrons. The summed E-state index contributed by atoms with van der Waals surface area (Å²) in [6, 6.07) is 7.94. The standard InChI is InChI=1S/C11H11BrClN3/c12-9-3-5-11(6-4-9)16-8-10(14-15-16)2-1-7-13/h3-6,8H,1-2,7H2. The van der Waals surface area contributed by atoms with Gasteiger partial charge in [-0.05, 0) is 37.1 Å². The molecule has 2 rings (SSSR count). The highest BCUT2D eigenvalue weighted by Crippen LogP contribution is 2.13. The van der Waals surface area contributed by atoms with E-state index in [0.717, 1.165) is 28.7 Å². The van der Waals surface area contributed by atoms with Crippen LogP contribution in [0.25, 0.3) is 5.69 Å². The Morgan fingerprint density at radius 3 is 2.69 bits per heavy atom. The Morgan fingerprint density at radius 1 is 1.25 bits per heavy atom. The molecular formula is C11H11BrClN3. The first-order chi connectivity index (χ1) is 7.79. The lowest BCUT2D eigenvalue weighted by Crippen LogP contribution is -1.93. The Balaban J connectivity index is 2.15. The number of rotatable bonds is 4. The van der Waals surface area contributed by atoms with Crippen LogP contribution in [0, 0.1) is 0 Å². The number of aryl methyl sites for hydroxylation is 1. The molecule has 0 N–H and O–H groups in total. The van der Waals surface area contributed by atoms with Gasteiger partial charge in [0.15, 0.2) is 0 Å². The number of aromatic nitrogens is 3. The van der Waals surface area contributed by atoms with Gasteiger partial charge in [-0.1, -0.05) is 21.1 Å². The van der Waals surface area contributed by atoms with Gasteiger partial charge in [0.1, 0.15) is 0 Å². The van der Waals surface area contributed by atoms with Crippen molar-refractivity contribution in [3.8, 4) is 5.69 Å². The van der Waals surface area contributed by atoms with Crippen LogP contribution in [-0.4, -0.2) is 20.9 Å². The lowest BCUT2D eigenvalue weighted by molar-refractivity contribution is 0.792. The molecule has 0 aliphatic heterocycles. The molecule has 1 aromatic heterocycles. The van der Waals surface area contributed by atoms with Crippen LogP contribution in [0.2, 0.25) is 0 Å². The summed E-state index contributed by atoms with van der Waals surface area (Å²) in [4.78, 5) is 0. The lowest BCUT2D eigenvalue weighted by Gasteiger charge is -1.98. The third-order valence-electron chi connectivity index (χ3n) is 2.20. The molecule has 3 nitrogen and oxygen atoms in total. The fraction of sp³-hybridized carbons (Fsp3) is 0.273. The molecule has 0 bridgehead atoms. The topological polar surface area (TPSA) is 30.7 Å². The summed E-state index contributed by atoms with van der Waals surface area (Å²) >= 11 is 9.03. The molecular weight excluding hydrogens is 289 g/mol. The van der Waals surface area contributed by atoms with Crippen molar-refractivity contribution in [3.63, 3.8) is 0 Å². The average Bonchev–Trinajstić information content (AvgIpc) is 2.76. The van der Waals surface area contributed by atoms with Crippen LogP contribution in [0.3, 0.4) is 0 Å². The van der Waals surface area contributed by atoms with Gasteiger partial charge in [0.2, 0.25) is 0 Å². The van der Waals surface area contributed by atoms with E-state index in [2.05, 4.69) is 26.2 Å². The molecule has 0 spiro atoms. The van der Waals surface area contributed by atoms with Gasteiger partial charge in [-0.2, -0.15) is 0 Å². The van der Waals surface area contributed by atoms with E-state index in [4.69, 9.17) is 11.6 Å². The fourth-order valence-electron chi connectivity index (χ4n) is 1.38. The van der Waals surface area contributed by atoms with Crippen LogP contribution >= 0.6 is 27.5 Å². The van der Waals surface area contributed by atoms with Gasteiger partial charge in [-0.25, -0.2) is 4.68 Å². The number of halogens is 2. The van der Waals surface area contributed by atoms with Gasteiger partial charge in [0, 0.05) is 10.4 Å². The van der Waals surface area contributed by atoms with Crippen LogP contribution in [0.5, 0.6) is 0 Å². The summed E-state index contributed by atoms with van der Waals surface area (Å²) in [5, 5.41) is 8.17. The Kier molecular flexibility index (Phi) is 3.96. The van der Waals surface area contributed by atoms with Crippen molar-refractivity contribution >= 4 is 27.5 Å². The zero-order valence-electron chi connectivity index (χ0n) is 8.61. The molecule has 0 fully saturated rings. The van der Waals surface area contributed by atoms with Crippen molar-refractivity contribution < 1.29 is 0 Å². The summed E-state index contributed by atoms with van der Waals surface area (Å²) in [5.41, 5.74) is 1.98. The van der Waals surface area contributed by atoms with Crippen LogP contribution in [0.1, 0.15) is 12.1 Å². The van der Waals surface area contributed by atoms with Gasteiger partial charge in [0.25, 0.3) is 0 Å². The minimum atomic E-state index is 0.658. The maximum absolute atomic E-state index is 5.63. The number of hydrogen-bond donors (Lipinski definition) is 0. The molecule has 5 heteroatoms. The van der Waals surface area contributed by atoms with Crippen molar-refractivity contribution in [2.75, 3.05) is 5.88 Å². The monoisotopic (exact) mass is 299 g/mol. The van der Waals surface area contributed by atoms with Gasteiger partial charge < -0.3 is 0 Å². The number of benzene rings is 1. The molecule has 0 radical (unpaired) electrons. The third kappa shape index (κ3) is 2.83. The zero-order chi connectivity index (χ0) is 11.4. The van der Waals surface area contributed by atoms with E-state index >= 15 is 0 Å². The van der Waals surface area contributed by atoms with E-state index in [-0.39, 0.29) is 0 Å². The molecule has 0 saturated heterocycles. The minimum absolute atomic E-state index is 0.658. The summed E-state index contributed by atoms with van der Waals surface area (Å²) in [7, 11) is 0. The summed E-state index contributed by atoms with van der Waals surface area (Å²) in [6.45, 7) is 0. The molecule has 1 heterocycles. The highest BCUT2D eigenvalue weighted by molar-refractivity contribution is 9.10. The van der Waals surface area contributed by atoms with Crippen molar-refractivity contribution in [2.24, 2.45) is 0 Å². The molecule has 0 atom stereocenters. The summed E-state index contributed by atoms with van der Waals surface area (Å²) < 4.78 is 2.83. The minimum Gasteiger partial charge on any atom is -0.220 e. The van der Waals surface area contributed by atoms with E-state index in [1.165, 1.54) is 0 Å². The van der Waals surface area contributed by atoms with E-state index < -0.39 is 0 Å². The van der Waals surface area contributed by atoms with Gasteiger partial charge in [-0.3, -0.25) is 0 Å². The number of alkyl halides is 1. The molecule has 0 saturated carbocycles. The largest absolute Gasteiger partial charge is 0.220 e.